The van der Waals surface area contributed by atoms with Gasteiger partial charge in [0.25, 0.3) is 0 Å². The molecule has 0 aromatic carbocycles. The van der Waals surface area contributed by atoms with Gasteiger partial charge in [-0.2, -0.15) is 18.4 Å². The van der Waals surface area contributed by atoms with Crippen molar-refractivity contribution in [1.82, 2.24) is 4.98 Å². The van der Waals surface area contributed by atoms with Crippen LogP contribution < -0.4 is 4.90 Å². The molecule has 0 bridgehead atoms. The van der Waals surface area contributed by atoms with Crippen LogP contribution in [0, 0.1) is 11.3 Å². The summed E-state index contributed by atoms with van der Waals surface area (Å²) in [5.74, 6) is -0.0146. The summed E-state index contributed by atoms with van der Waals surface area (Å²) in [6, 6.07) is 3.76. The number of nitriles is 1. The SMILES string of the molecule is C=CCN(CCOC)c1nc(C(F)(F)F)ccc1C#N. The molecular formula is C13H14F3N3O. The lowest BCUT2D eigenvalue weighted by atomic mass is 10.2. The first kappa shape index (κ1) is 16.0. The molecule has 0 spiro atoms. The van der Waals surface area contributed by atoms with Crippen molar-refractivity contribution in [2.24, 2.45) is 0 Å². The number of ether oxygens (including phenoxy) is 1. The number of anilines is 1. The number of hydrogen-bond acceptors (Lipinski definition) is 4. The number of pyridine rings is 1. The maximum absolute atomic E-state index is 12.7. The van der Waals surface area contributed by atoms with Crippen LogP contribution in [-0.4, -0.2) is 31.8 Å². The summed E-state index contributed by atoms with van der Waals surface area (Å²) in [6.07, 6.45) is -3.03. The van der Waals surface area contributed by atoms with E-state index in [4.69, 9.17) is 10.00 Å². The largest absolute Gasteiger partial charge is 0.433 e. The van der Waals surface area contributed by atoms with Crippen LogP contribution in [0.5, 0.6) is 0 Å². The van der Waals surface area contributed by atoms with E-state index in [1.807, 2.05) is 6.07 Å². The van der Waals surface area contributed by atoms with Gasteiger partial charge in [-0.1, -0.05) is 6.08 Å². The molecule has 0 aliphatic rings. The van der Waals surface area contributed by atoms with Crippen molar-refractivity contribution in [3.8, 4) is 6.07 Å². The van der Waals surface area contributed by atoms with Crippen molar-refractivity contribution < 1.29 is 17.9 Å². The first-order valence-electron chi connectivity index (χ1n) is 5.77. The maximum Gasteiger partial charge on any atom is 0.433 e. The lowest BCUT2D eigenvalue weighted by molar-refractivity contribution is -0.141. The normalized spacial score (nSPS) is 10.9. The van der Waals surface area contributed by atoms with Gasteiger partial charge in [0.05, 0.1) is 12.2 Å². The van der Waals surface area contributed by atoms with E-state index in [-0.39, 0.29) is 17.9 Å². The Morgan fingerprint density at radius 1 is 1.50 bits per heavy atom. The summed E-state index contributed by atoms with van der Waals surface area (Å²) in [5.41, 5.74) is -0.950. The molecule has 20 heavy (non-hydrogen) atoms. The zero-order valence-electron chi connectivity index (χ0n) is 10.9. The Kier molecular flexibility index (Phi) is 5.53. The van der Waals surface area contributed by atoms with E-state index in [2.05, 4.69) is 11.6 Å². The molecule has 0 aliphatic carbocycles. The molecule has 4 nitrogen and oxygen atoms in total. The van der Waals surface area contributed by atoms with Gasteiger partial charge in [-0.25, -0.2) is 4.98 Å². The number of rotatable bonds is 6. The number of methoxy groups -OCH3 is 1. The van der Waals surface area contributed by atoms with Gasteiger partial charge in [0.1, 0.15) is 17.6 Å². The Bertz CT molecular complexity index is 509. The minimum Gasteiger partial charge on any atom is -0.383 e. The predicted octanol–water partition coefficient (Wildman–Crippen LogP) is 2.61. The molecule has 0 unspecified atom stereocenters. The molecule has 0 saturated carbocycles. The quantitative estimate of drug-likeness (QED) is 0.754. The van der Waals surface area contributed by atoms with Crippen LogP contribution >= 0.6 is 0 Å². The fourth-order valence-electron chi connectivity index (χ4n) is 1.58. The molecule has 7 heteroatoms. The molecule has 1 heterocycles. The Balaban J connectivity index is 3.22. The average molecular weight is 285 g/mol. The Morgan fingerprint density at radius 3 is 2.70 bits per heavy atom. The number of nitrogens with zero attached hydrogens (tertiary/aromatic N) is 3. The average Bonchev–Trinajstić information content (AvgIpc) is 2.41. The van der Waals surface area contributed by atoms with E-state index in [1.165, 1.54) is 18.1 Å². The molecule has 0 N–H and O–H groups in total. The van der Waals surface area contributed by atoms with Crippen LogP contribution in [0.2, 0.25) is 0 Å². The van der Waals surface area contributed by atoms with Crippen molar-refractivity contribution in [2.45, 2.75) is 6.18 Å². The molecule has 108 valence electrons. The van der Waals surface area contributed by atoms with Crippen LogP contribution in [0.3, 0.4) is 0 Å². The summed E-state index contributed by atoms with van der Waals surface area (Å²) >= 11 is 0. The van der Waals surface area contributed by atoms with Crippen LogP contribution in [0.15, 0.2) is 24.8 Å². The fraction of sp³-hybridized carbons (Fsp3) is 0.385. The standard InChI is InChI=1S/C13H14F3N3O/c1-3-6-19(7-8-20-2)12-10(9-17)4-5-11(18-12)13(14,15)16/h3-5H,1,6-8H2,2H3. The Hall–Kier alpha value is -2.07. The lowest BCUT2D eigenvalue weighted by Crippen LogP contribution is -2.29. The molecule has 0 radical (unpaired) electrons. The molecule has 1 aromatic heterocycles. The number of hydrogen-bond donors (Lipinski definition) is 0. The lowest BCUT2D eigenvalue weighted by Gasteiger charge is -2.23. The molecule has 0 aliphatic heterocycles. The Morgan fingerprint density at radius 2 is 2.20 bits per heavy atom. The van der Waals surface area contributed by atoms with Gasteiger partial charge in [0.15, 0.2) is 0 Å². The summed E-state index contributed by atoms with van der Waals surface area (Å²) in [6.45, 7) is 4.43. The van der Waals surface area contributed by atoms with Crippen LogP contribution in [0.4, 0.5) is 19.0 Å². The summed E-state index contributed by atoms with van der Waals surface area (Å²) < 4.78 is 43.0. The smallest absolute Gasteiger partial charge is 0.383 e. The Labute approximate surface area is 115 Å². The van der Waals surface area contributed by atoms with E-state index in [0.29, 0.717) is 13.2 Å². The minimum absolute atomic E-state index is 0.0146. The van der Waals surface area contributed by atoms with Gasteiger partial charge < -0.3 is 9.64 Å². The van der Waals surface area contributed by atoms with Crippen molar-refractivity contribution in [3.05, 3.63) is 36.0 Å². The van der Waals surface area contributed by atoms with Crippen molar-refractivity contribution in [3.63, 3.8) is 0 Å². The van der Waals surface area contributed by atoms with Gasteiger partial charge in [0.2, 0.25) is 0 Å². The highest BCUT2D eigenvalue weighted by molar-refractivity contribution is 5.55. The molecule has 0 amide bonds. The highest BCUT2D eigenvalue weighted by Crippen LogP contribution is 2.30. The molecule has 0 fully saturated rings. The fourth-order valence-corrected chi connectivity index (χ4v) is 1.58. The number of halogens is 3. The molecule has 1 aromatic rings. The second-order valence-electron chi connectivity index (χ2n) is 3.90. The number of aromatic nitrogens is 1. The third kappa shape index (κ3) is 3.96. The molecule has 1 rings (SSSR count). The van der Waals surface area contributed by atoms with Gasteiger partial charge in [0, 0.05) is 20.2 Å². The van der Waals surface area contributed by atoms with Crippen molar-refractivity contribution >= 4 is 5.82 Å². The highest BCUT2D eigenvalue weighted by atomic mass is 19.4. The zero-order chi connectivity index (χ0) is 15.2. The second-order valence-corrected chi connectivity index (χ2v) is 3.90. The zero-order valence-corrected chi connectivity index (χ0v) is 10.9. The summed E-state index contributed by atoms with van der Waals surface area (Å²) in [5, 5.41) is 9.00. The van der Waals surface area contributed by atoms with Crippen LogP contribution in [-0.2, 0) is 10.9 Å². The first-order valence-corrected chi connectivity index (χ1v) is 5.77. The van der Waals surface area contributed by atoms with Crippen molar-refractivity contribution in [2.75, 3.05) is 31.7 Å². The maximum atomic E-state index is 12.7. The van der Waals surface area contributed by atoms with E-state index >= 15 is 0 Å². The highest BCUT2D eigenvalue weighted by Gasteiger charge is 2.33. The first-order chi connectivity index (χ1) is 9.43. The van der Waals surface area contributed by atoms with Crippen LogP contribution in [0.25, 0.3) is 0 Å². The van der Waals surface area contributed by atoms with E-state index in [0.717, 1.165) is 12.1 Å². The second kappa shape index (κ2) is 6.91. The number of alkyl halides is 3. The van der Waals surface area contributed by atoms with E-state index in [1.54, 1.807) is 0 Å². The van der Waals surface area contributed by atoms with Crippen molar-refractivity contribution in [1.29, 1.82) is 5.26 Å². The summed E-state index contributed by atoms with van der Waals surface area (Å²) in [7, 11) is 1.48. The van der Waals surface area contributed by atoms with E-state index in [9.17, 15) is 13.2 Å². The van der Waals surface area contributed by atoms with E-state index < -0.39 is 11.9 Å². The molecule has 0 atom stereocenters. The third-order valence-electron chi connectivity index (χ3n) is 2.50. The van der Waals surface area contributed by atoms with Gasteiger partial charge >= 0.3 is 6.18 Å². The topological polar surface area (TPSA) is 49.1 Å². The van der Waals surface area contributed by atoms with Crippen LogP contribution in [0.1, 0.15) is 11.3 Å². The molecule has 0 saturated heterocycles. The summed E-state index contributed by atoms with van der Waals surface area (Å²) in [4.78, 5) is 5.08. The van der Waals surface area contributed by atoms with Gasteiger partial charge in [-0.15, -0.1) is 6.58 Å². The third-order valence-corrected chi connectivity index (χ3v) is 2.50. The predicted molar refractivity (Wildman–Crippen MR) is 68.2 cm³/mol. The molecular weight excluding hydrogens is 271 g/mol. The van der Waals surface area contributed by atoms with Gasteiger partial charge in [-0.3, -0.25) is 0 Å². The van der Waals surface area contributed by atoms with Gasteiger partial charge in [-0.05, 0) is 12.1 Å². The monoisotopic (exact) mass is 285 g/mol. The minimum atomic E-state index is -4.55.